The van der Waals surface area contributed by atoms with E-state index in [4.69, 9.17) is 9.47 Å². The average Bonchev–Trinajstić information content (AvgIpc) is 2.87. The quantitative estimate of drug-likeness (QED) is 0.297. The Bertz CT molecular complexity index is 1100. The predicted octanol–water partition coefficient (Wildman–Crippen LogP) is 3.73. The molecule has 9 heteroatoms. The number of nitrogens with zero attached hydrogens (tertiary/aromatic N) is 2. The van der Waals surface area contributed by atoms with Gasteiger partial charge in [0.05, 0.1) is 24.8 Å². The maximum Gasteiger partial charge on any atom is 0.255 e. The van der Waals surface area contributed by atoms with Crippen molar-refractivity contribution in [3.8, 4) is 11.5 Å². The van der Waals surface area contributed by atoms with Crippen molar-refractivity contribution >= 4 is 22.1 Å². The number of nitrogens with one attached hydrogen (secondary N) is 1. The third kappa shape index (κ3) is 6.68. The molecule has 1 amide bonds. The summed E-state index contributed by atoms with van der Waals surface area (Å²) in [4.78, 5) is 12.9. The molecule has 2 aromatic rings. The lowest BCUT2D eigenvalue weighted by Crippen LogP contribution is -2.46. The smallest absolute Gasteiger partial charge is 0.255 e. The van der Waals surface area contributed by atoms with E-state index < -0.39 is 15.9 Å². The molecule has 0 bridgehead atoms. The molecule has 1 aliphatic carbocycles. The fourth-order valence-electron chi connectivity index (χ4n) is 3.90. The van der Waals surface area contributed by atoms with Crippen LogP contribution in [0.3, 0.4) is 0 Å². The minimum absolute atomic E-state index is 0.183. The van der Waals surface area contributed by atoms with Gasteiger partial charge in [-0.2, -0.15) is 9.41 Å². The van der Waals surface area contributed by atoms with Crippen molar-refractivity contribution in [2.45, 2.75) is 43.0 Å². The molecule has 182 valence electrons. The Morgan fingerprint density at radius 3 is 2.56 bits per heavy atom. The van der Waals surface area contributed by atoms with Crippen molar-refractivity contribution in [3.63, 3.8) is 0 Å². The van der Waals surface area contributed by atoms with Crippen LogP contribution in [0.4, 0.5) is 0 Å². The van der Waals surface area contributed by atoms with E-state index in [-0.39, 0.29) is 17.5 Å². The zero-order valence-electron chi connectivity index (χ0n) is 19.4. The van der Waals surface area contributed by atoms with E-state index in [1.54, 1.807) is 54.6 Å². The Kier molecular flexibility index (Phi) is 9.24. The number of hydrazone groups is 1. The molecule has 34 heavy (non-hydrogen) atoms. The largest absolute Gasteiger partial charge is 0.493 e. The summed E-state index contributed by atoms with van der Waals surface area (Å²) in [5.74, 6) is 0.589. The maximum atomic E-state index is 13.3. The molecule has 1 saturated carbocycles. The van der Waals surface area contributed by atoms with Crippen molar-refractivity contribution in [2.75, 3.05) is 20.3 Å². The van der Waals surface area contributed by atoms with Crippen LogP contribution in [0.25, 0.3) is 0 Å². The Morgan fingerprint density at radius 2 is 1.88 bits per heavy atom. The Hall–Kier alpha value is -3.17. The summed E-state index contributed by atoms with van der Waals surface area (Å²) in [6.07, 6.45) is 7.55. The SMILES string of the molecule is C=CCOc1ccc(/C=N/NC(=O)CN(C2CCCCC2)S(=O)(=O)c2ccccc2)cc1OC. The standard InChI is InChI=1S/C25H31N3O5S/c1-3-16-33-23-15-14-20(17-24(23)32-2)18-26-27-25(29)19-28(21-10-6-4-7-11-21)34(30,31)22-12-8-5-9-13-22/h3,5,8-9,12-15,17-18,21H,1,4,6-7,10-11,16,19H2,2H3,(H,27,29)/b26-18+. The summed E-state index contributed by atoms with van der Waals surface area (Å²) >= 11 is 0. The zero-order valence-corrected chi connectivity index (χ0v) is 20.2. The molecule has 1 fully saturated rings. The second kappa shape index (κ2) is 12.3. The second-order valence-electron chi connectivity index (χ2n) is 7.96. The zero-order chi connectivity index (χ0) is 24.4. The Labute approximate surface area is 201 Å². The monoisotopic (exact) mass is 485 g/mol. The number of ether oxygens (including phenoxy) is 2. The summed E-state index contributed by atoms with van der Waals surface area (Å²) in [6, 6.07) is 13.2. The number of amides is 1. The fraction of sp³-hybridized carbons (Fsp3) is 0.360. The number of carbonyl (C=O) groups excluding carboxylic acids is 1. The topological polar surface area (TPSA) is 97.3 Å². The van der Waals surface area contributed by atoms with Gasteiger partial charge in [-0.05, 0) is 48.7 Å². The first-order chi connectivity index (χ1) is 16.5. The first kappa shape index (κ1) is 25.5. The summed E-state index contributed by atoms with van der Waals surface area (Å²) < 4.78 is 38.8. The Balaban J connectivity index is 1.70. The number of sulfonamides is 1. The summed E-state index contributed by atoms with van der Waals surface area (Å²) in [6.45, 7) is 3.68. The van der Waals surface area contributed by atoms with Crippen molar-refractivity contribution in [3.05, 3.63) is 66.7 Å². The lowest BCUT2D eigenvalue weighted by Gasteiger charge is -2.32. The molecule has 0 aliphatic heterocycles. The molecule has 1 N–H and O–H groups in total. The maximum absolute atomic E-state index is 13.3. The van der Waals surface area contributed by atoms with Gasteiger partial charge in [0, 0.05) is 6.04 Å². The van der Waals surface area contributed by atoms with Crippen LogP contribution in [-0.2, 0) is 14.8 Å². The molecular formula is C25H31N3O5S. The predicted molar refractivity (Wildman–Crippen MR) is 132 cm³/mol. The highest BCUT2D eigenvalue weighted by atomic mass is 32.2. The van der Waals surface area contributed by atoms with Gasteiger partial charge in [0.25, 0.3) is 5.91 Å². The highest BCUT2D eigenvalue weighted by Gasteiger charge is 2.33. The summed E-state index contributed by atoms with van der Waals surface area (Å²) in [5.41, 5.74) is 3.13. The molecule has 8 nitrogen and oxygen atoms in total. The van der Waals surface area contributed by atoms with Gasteiger partial charge in [-0.15, -0.1) is 0 Å². The van der Waals surface area contributed by atoms with Gasteiger partial charge in [-0.3, -0.25) is 4.79 Å². The third-order valence-corrected chi connectivity index (χ3v) is 7.49. The van der Waals surface area contributed by atoms with Crippen LogP contribution in [0.5, 0.6) is 11.5 Å². The van der Waals surface area contributed by atoms with Gasteiger partial charge < -0.3 is 9.47 Å². The lowest BCUT2D eigenvalue weighted by molar-refractivity contribution is -0.121. The Morgan fingerprint density at radius 1 is 1.15 bits per heavy atom. The van der Waals surface area contributed by atoms with Crippen molar-refractivity contribution < 1.29 is 22.7 Å². The molecule has 0 radical (unpaired) electrons. The van der Waals surface area contributed by atoms with E-state index in [0.717, 1.165) is 32.1 Å². The van der Waals surface area contributed by atoms with Crippen LogP contribution in [0.2, 0.25) is 0 Å². The van der Waals surface area contributed by atoms with E-state index in [9.17, 15) is 13.2 Å². The first-order valence-corrected chi connectivity index (χ1v) is 12.7. The van der Waals surface area contributed by atoms with Crippen LogP contribution in [0.1, 0.15) is 37.7 Å². The fourth-order valence-corrected chi connectivity index (χ4v) is 5.56. The number of methoxy groups -OCH3 is 1. The van der Waals surface area contributed by atoms with Crippen LogP contribution in [-0.4, -0.2) is 51.1 Å². The van der Waals surface area contributed by atoms with E-state index in [0.29, 0.717) is 23.7 Å². The van der Waals surface area contributed by atoms with E-state index in [1.807, 2.05) is 0 Å². The number of carbonyl (C=O) groups is 1. The van der Waals surface area contributed by atoms with Gasteiger partial charge in [0.15, 0.2) is 11.5 Å². The number of hydrogen-bond acceptors (Lipinski definition) is 6. The first-order valence-electron chi connectivity index (χ1n) is 11.3. The average molecular weight is 486 g/mol. The van der Waals surface area contributed by atoms with Crippen LogP contribution >= 0.6 is 0 Å². The highest BCUT2D eigenvalue weighted by Crippen LogP contribution is 2.28. The molecule has 0 spiro atoms. The lowest BCUT2D eigenvalue weighted by atomic mass is 9.95. The van der Waals surface area contributed by atoms with Gasteiger partial charge in [-0.25, -0.2) is 13.8 Å². The van der Waals surface area contributed by atoms with Gasteiger partial charge >= 0.3 is 0 Å². The number of rotatable bonds is 11. The van der Waals surface area contributed by atoms with Gasteiger partial charge in [-0.1, -0.05) is 50.1 Å². The second-order valence-corrected chi connectivity index (χ2v) is 9.85. The van der Waals surface area contributed by atoms with Crippen molar-refractivity contribution in [1.29, 1.82) is 0 Å². The normalized spacial score (nSPS) is 14.8. The van der Waals surface area contributed by atoms with Crippen molar-refractivity contribution in [1.82, 2.24) is 9.73 Å². The van der Waals surface area contributed by atoms with Crippen LogP contribution in [0, 0.1) is 0 Å². The molecule has 0 unspecified atom stereocenters. The number of hydrogen-bond donors (Lipinski definition) is 1. The number of benzene rings is 2. The molecule has 0 heterocycles. The summed E-state index contributed by atoms with van der Waals surface area (Å²) in [5, 5.41) is 4.00. The minimum atomic E-state index is -3.81. The van der Waals surface area contributed by atoms with Crippen LogP contribution in [0.15, 0.2) is 71.2 Å². The molecular weight excluding hydrogens is 454 g/mol. The molecule has 0 saturated heterocycles. The van der Waals surface area contributed by atoms with E-state index in [2.05, 4.69) is 17.1 Å². The van der Waals surface area contributed by atoms with Crippen molar-refractivity contribution in [2.24, 2.45) is 5.10 Å². The van der Waals surface area contributed by atoms with Crippen LogP contribution < -0.4 is 14.9 Å². The molecule has 3 rings (SSSR count). The third-order valence-electron chi connectivity index (χ3n) is 5.58. The molecule has 0 atom stereocenters. The highest BCUT2D eigenvalue weighted by molar-refractivity contribution is 7.89. The minimum Gasteiger partial charge on any atom is -0.493 e. The molecule has 0 aromatic heterocycles. The van der Waals surface area contributed by atoms with E-state index in [1.165, 1.54) is 17.6 Å². The van der Waals surface area contributed by atoms with Gasteiger partial charge in [0.1, 0.15) is 6.61 Å². The molecule has 2 aromatic carbocycles. The van der Waals surface area contributed by atoms with Gasteiger partial charge in [0.2, 0.25) is 10.0 Å². The summed E-state index contributed by atoms with van der Waals surface area (Å²) in [7, 11) is -2.28. The van der Waals surface area contributed by atoms with E-state index >= 15 is 0 Å². The molecule has 1 aliphatic rings.